The molecule has 1 aliphatic rings. The van der Waals surface area contributed by atoms with Gasteiger partial charge in [-0.25, -0.2) is 4.79 Å². The molecule has 0 aliphatic heterocycles. The van der Waals surface area contributed by atoms with Crippen molar-refractivity contribution < 1.29 is 14.7 Å². The summed E-state index contributed by atoms with van der Waals surface area (Å²) in [5.74, 6) is -1.19. The van der Waals surface area contributed by atoms with Crippen molar-refractivity contribution in [1.29, 1.82) is 0 Å². The quantitative estimate of drug-likeness (QED) is 0.869. The van der Waals surface area contributed by atoms with Crippen molar-refractivity contribution in [1.82, 2.24) is 5.32 Å². The number of hydrogen-bond donors (Lipinski definition) is 2. The van der Waals surface area contributed by atoms with Crippen LogP contribution in [0.3, 0.4) is 0 Å². The highest BCUT2D eigenvalue weighted by molar-refractivity contribution is 6.42. The molecule has 0 atom stereocenters. The van der Waals surface area contributed by atoms with E-state index in [-0.39, 0.29) is 12.3 Å². The molecule has 114 valence electrons. The second-order valence-corrected chi connectivity index (χ2v) is 6.21. The van der Waals surface area contributed by atoms with Gasteiger partial charge in [-0.1, -0.05) is 42.1 Å². The summed E-state index contributed by atoms with van der Waals surface area (Å²) in [6.45, 7) is 0. The van der Waals surface area contributed by atoms with Crippen LogP contribution in [-0.2, 0) is 16.0 Å². The van der Waals surface area contributed by atoms with Gasteiger partial charge in [-0.15, -0.1) is 0 Å². The van der Waals surface area contributed by atoms with E-state index in [9.17, 15) is 14.7 Å². The summed E-state index contributed by atoms with van der Waals surface area (Å²) in [6, 6.07) is 5.22. The van der Waals surface area contributed by atoms with Crippen LogP contribution in [0.15, 0.2) is 18.2 Å². The predicted molar refractivity (Wildman–Crippen MR) is 81.8 cm³/mol. The molecule has 1 fully saturated rings. The molecule has 1 amide bonds. The minimum Gasteiger partial charge on any atom is -0.480 e. The van der Waals surface area contributed by atoms with E-state index in [1.54, 1.807) is 12.1 Å². The van der Waals surface area contributed by atoms with Crippen LogP contribution in [0, 0.1) is 0 Å². The van der Waals surface area contributed by atoms with Gasteiger partial charge >= 0.3 is 5.97 Å². The van der Waals surface area contributed by atoms with Crippen LogP contribution in [0.5, 0.6) is 0 Å². The standard InChI is InChI=1S/C15H17Cl2NO3/c16-11-5-3-10(9-12(11)17)4-6-13(19)18-15(14(20)21)7-1-2-8-15/h3,5,9H,1-2,4,6-8H2,(H,18,19)(H,20,21). The van der Waals surface area contributed by atoms with Crippen molar-refractivity contribution in [3.05, 3.63) is 33.8 Å². The summed E-state index contributed by atoms with van der Waals surface area (Å²) in [4.78, 5) is 23.4. The molecular formula is C15H17Cl2NO3. The lowest BCUT2D eigenvalue weighted by Gasteiger charge is -2.25. The van der Waals surface area contributed by atoms with Gasteiger partial charge in [-0.2, -0.15) is 0 Å². The van der Waals surface area contributed by atoms with Crippen LogP contribution in [0.4, 0.5) is 0 Å². The number of carbonyl (C=O) groups excluding carboxylic acids is 1. The van der Waals surface area contributed by atoms with Crippen molar-refractivity contribution in [3.63, 3.8) is 0 Å². The molecule has 0 heterocycles. The number of benzene rings is 1. The van der Waals surface area contributed by atoms with E-state index in [1.807, 2.05) is 6.07 Å². The Morgan fingerprint density at radius 3 is 2.43 bits per heavy atom. The summed E-state index contributed by atoms with van der Waals surface area (Å²) < 4.78 is 0. The first-order valence-electron chi connectivity index (χ1n) is 6.91. The van der Waals surface area contributed by atoms with E-state index >= 15 is 0 Å². The van der Waals surface area contributed by atoms with Gasteiger partial charge in [0.2, 0.25) is 5.91 Å². The molecule has 1 saturated carbocycles. The second kappa shape index (κ2) is 6.67. The zero-order chi connectivity index (χ0) is 15.5. The smallest absolute Gasteiger partial charge is 0.329 e. The Morgan fingerprint density at radius 1 is 1.19 bits per heavy atom. The molecule has 4 nitrogen and oxygen atoms in total. The molecule has 0 bridgehead atoms. The molecule has 2 rings (SSSR count). The normalized spacial score (nSPS) is 16.7. The molecule has 21 heavy (non-hydrogen) atoms. The number of carboxylic acid groups (broad SMARTS) is 1. The SMILES string of the molecule is O=C(CCc1ccc(Cl)c(Cl)c1)NC1(C(=O)O)CCCC1. The third-order valence-corrected chi connectivity index (χ3v) is 4.61. The van der Waals surface area contributed by atoms with Crippen molar-refractivity contribution in [2.24, 2.45) is 0 Å². The molecule has 0 aromatic heterocycles. The zero-order valence-electron chi connectivity index (χ0n) is 11.5. The number of hydrogen-bond acceptors (Lipinski definition) is 2. The van der Waals surface area contributed by atoms with E-state index in [1.165, 1.54) is 0 Å². The Morgan fingerprint density at radius 2 is 1.86 bits per heavy atom. The molecule has 0 radical (unpaired) electrons. The summed E-state index contributed by atoms with van der Waals surface area (Å²) in [5, 5.41) is 12.9. The Bertz CT molecular complexity index is 554. The first-order chi connectivity index (χ1) is 9.93. The fraction of sp³-hybridized carbons (Fsp3) is 0.467. The molecule has 0 spiro atoms. The first-order valence-corrected chi connectivity index (χ1v) is 7.67. The number of nitrogens with one attached hydrogen (secondary N) is 1. The minimum absolute atomic E-state index is 0.229. The number of carbonyl (C=O) groups is 2. The molecule has 6 heteroatoms. The largest absolute Gasteiger partial charge is 0.480 e. The van der Waals surface area contributed by atoms with Crippen LogP contribution >= 0.6 is 23.2 Å². The van der Waals surface area contributed by atoms with Crippen LogP contribution < -0.4 is 5.32 Å². The summed E-state index contributed by atoms with van der Waals surface area (Å²) in [6.07, 6.45) is 3.39. The Kier molecular flexibility index (Phi) is 5.12. The number of halogens is 2. The number of rotatable bonds is 5. The fourth-order valence-corrected chi connectivity index (χ4v) is 2.97. The van der Waals surface area contributed by atoms with Crippen LogP contribution in [0.25, 0.3) is 0 Å². The third kappa shape index (κ3) is 3.89. The lowest BCUT2D eigenvalue weighted by atomic mass is 9.97. The molecule has 1 aliphatic carbocycles. The highest BCUT2D eigenvalue weighted by atomic mass is 35.5. The van der Waals surface area contributed by atoms with E-state index in [2.05, 4.69) is 5.32 Å². The molecule has 0 unspecified atom stereocenters. The van der Waals surface area contributed by atoms with Crippen LogP contribution in [-0.4, -0.2) is 22.5 Å². The first kappa shape index (κ1) is 16.1. The number of aryl methyl sites for hydroxylation is 1. The average Bonchev–Trinajstić information content (AvgIpc) is 2.90. The van der Waals surface area contributed by atoms with Gasteiger partial charge in [0.25, 0.3) is 0 Å². The van der Waals surface area contributed by atoms with Crippen LogP contribution in [0.1, 0.15) is 37.7 Å². The lowest BCUT2D eigenvalue weighted by molar-refractivity contribution is -0.147. The lowest BCUT2D eigenvalue weighted by Crippen LogP contribution is -2.52. The van der Waals surface area contributed by atoms with Gasteiger partial charge in [0.05, 0.1) is 10.0 Å². The van der Waals surface area contributed by atoms with Crippen LogP contribution in [0.2, 0.25) is 10.0 Å². The molecular weight excluding hydrogens is 313 g/mol. The topological polar surface area (TPSA) is 66.4 Å². The molecule has 1 aromatic carbocycles. The van der Waals surface area contributed by atoms with Gasteiger partial charge in [-0.05, 0) is 37.0 Å². The van der Waals surface area contributed by atoms with Gasteiger partial charge < -0.3 is 10.4 Å². The Balaban J connectivity index is 1.92. The maximum atomic E-state index is 12.0. The zero-order valence-corrected chi connectivity index (χ0v) is 13.0. The maximum absolute atomic E-state index is 12.0. The molecule has 2 N–H and O–H groups in total. The predicted octanol–water partition coefficient (Wildman–Crippen LogP) is 3.44. The number of aliphatic carboxylic acids is 1. The Labute approximate surface area is 133 Å². The van der Waals surface area contributed by atoms with Gasteiger partial charge in [0, 0.05) is 6.42 Å². The van der Waals surface area contributed by atoms with Crippen molar-refractivity contribution in [2.45, 2.75) is 44.1 Å². The number of carboxylic acids is 1. The van der Waals surface area contributed by atoms with Gasteiger partial charge in [0.15, 0.2) is 0 Å². The Hall–Kier alpha value is -1.26. The fourth-order valence-electron chi connectivity index (χ4n) is 2.65. The van der Waals surface area contributed by atoms with Crippen molar-refractivity contribution in [2.75, 3.05) is 0 Å². The second-order valence-electron chi connectivity index (χ2n) is 5.39. The van der Waals surface area contributed by atoms with E-state index in [0.717, 1.165) is 18.4 Å². The minimum atomic E-state index is -1.07. The molecule has 0 saturated heterocycles. The number of amides is 1. The monoisotopic (exact) mass is 329 g/mol. The van der Waals surface area contributed by atoms with E-state index < -0.39 is 11.5 Å². The summed E-state index contributed by atoms with van der Waals surface area (Å²) in [7, 11) is 0. The van der Waals surface area contributed by atoms with E-state index in [0.29, 0.717) is 29.3 Å². The van der Waals surface area contributed by atoms with Gasteiger partial charge in [-0.3, -0.25) is 4.79 Å². The highest BCUT2D eigenvalue weighted by Gasteiger charge is 2.42. The van der Waals surface area contributed by atoms with Crippen molar-refractivity contribution in [3.8, 4) is 0 Å². The summed E-state index contributed by atoms with van der Waals surface area (Å²) >= 11 is 11.8. The third-order valence-electron chi connectivity index (χ3n) is 3.87. The molecule has 1 aromatic rings. The van der Waals surface area contributed by atoms with Crippen molar-refractivity contribution >= 4 is 35.1 Å². The highest BCUT2D eigenvalue weighted by Crippen LogP contribution is 2.30. The maximum Gasteiger partial charge on any atom is 0.329 e. The van der Waals surface area contributed by atoms with Gasteiger partial charge in [0.1, 0.15) is 5.54 Å². The average molecular weight is 330 g/mol. The van der Waals surface area contributed by atoms with E-state index in [4.69, 9.17) is 23.2 Å². The summed E-state index contributed by atoms with van der Waals surface area (Å²) in [5.41, 5.74) is -0.176.